The molecule has 1 N–H and O–H groups in total. The van der Waals surface area contributed by atoms with Crippen molar-refractivity contribution < 1.29 is 9.90 Å². The van der Waals surface area contributed by atoms with Crippen LogP contribution < -0.4 is 0 Å². The largest absolute Gasteiger partial charge is 0.477 e. The molecule has 3 heteroatoms. The number of fused-ring (bicyclic) bond motifs is 2. The van der Waals surface area contributed by atoms with Gasteiger partial charge in [0.25, 0.3) is 0 Å². The Morgan fingerprint density at radius 2 is 1.03 bits per heavy atom. The maximum Gasteiger partial charge on any atom is 0.354 e. The highest BCUT2D eigenvalue weighted by atomic mass is 16.4. The van der Waals surface area contributed by atoms with Crippen molar-refractivity contribution in [2.75, 3.05) is 0 Å². The van der Waals surface area contributed by atoms with Crippen molar-refractivity contribution in [2.24, 2.45) is 0 Å². The fourth-order valence-electron chi connectivity index (χ4n) is 4.07. The summed E-state index contributed by atoms with van der Waals surface area (Å²) in [6.07, 6.45) is 1.45. The van der Waals surface area contributed by atoms with Crippen LogP contribution >= 0.6 is 0 Å². The Bertz CT molecular complexity index is 1300. The minimum atomic E-state index is -0.990. The lowest BCUT2D eigenvalue weighted by Gasteiger charge is -2.13. The van der Waals surface area contributed by atoms with Gasteiger partial charge in [0.2, 0.25) is 0 Å². The maximum absolute atomic E-state index is 10.1. The molecule has 1 aromatic heterocycles. The smallest absolute Gasteiger partial charge is 0.354 e. The Morgan fingerprint density at radius 1 is 0.586 bits per heavy atom. The average molecular weight is 375 g/mol. The zero-order valence-electron chi connectivity index (χ0n) is 15.5. The lowest BCUT2D eigenvalue weighted by molar-refractivity contribution is 0.0690. The maximum atomic E-state index is 10.1. The zero-order valence-corrected chi connectivity index (χ0v) is 15.5. The Morgan fingerprint density at radius 3 is 1.34 bits per heavy atom. The molecule has 0 saturated heterocycles. The molecule has 5 aromatic carbocycles. The number of aromatic nitrogens is 1. The fourth-order valence-corrected chi connectivity index (χ4v) is 4.07. The van der Waals surface area contributed by atoms with Crippen LogP contribution in [0.2, 0.25) is 0 Å². The number of rotatable bonds is 1. The van der Waals surface area contributed by atoms with E-state index >= 15 is 0 Å². The SMILES string of the molecule is O=C(O)c1ccccn1.c1cc2cccc3c4cccc5cccc(c(c1)c23)c54. The van der Waals surface area contributed by atoms with Gasteiger partial charge in [-0.2, -0.15) is 0 Å². The molecular formula is C26H17NO2. The van der Waals surface area contributed by atoms with Gasteiger partial charge in [0.1, 0.15) is 5.69 Å². The second-order valence-corrected chi connectivity index (χ2v) is 6.94. The van der Waals surface area contributed by atoms with Gasteiger partial charge in [-0.05, 0) is 55.2 Å². The Labute approximate surface area is 167 Å². The van der Waals surface area contributed by atoms with Crippen LogP contribution in [0, 0.1) is 0 Å². The molecule has 29 heavy (non-hydrogen) atoms. The van der Waals surface area contributed by atoms with Crippen molar-refractivity contribution >= 4 is 49.1 Å². The number of carboxylic acids is 1. The third kappa shape index (κ3) is 2.84. The summed E-state index contributed by atoms with van der Waals surface area (Å²) in [4.78, 5) is 13.7. The fraction of sp³-hybridized carbons (Fsp3) is 0. The first-order valence-corrected chi connectivity index (χ1v) is 9.42. The minimum absolute atomic E-state index is 0.0810. The Hall–Kier alpha value is -3.98. The van der Waals surface area contributed by atoms with E-state index in [0.29, 0.717) is 0 Å². The molecule has 0 bridgehead atoms. The number of nitrogens with zero attached hydrogens (tertiary/aromatic N) is 1. The van der Waals surface area contributed by atoms with Crippen LogP contribution in [-0.4, -0.2) is 16.1 Å². The van der Waals surface area contributed by atoms with E-state index in [9.17, 15) is 4.79 Å². The highest BCUT2D eigenvalue weighted by molar-refractivity contribution is 6.32. The molecular weight excluding hydrogens is 358 g/mol. The van der Waals surface area contributed by atoms with Crippen molar-refractivity contribution in [3.05, 3.63) is 103 Å². The van der Waals surface area contributed by atoms with Gasteiger partial charge in [0.05, 0.1) is 0 Å². The first kappa shape index (κ1) is 17.1. The van der Waals surface area contributed by atoms with Crippen molar-refractivity contribution in [1.82, 2.24) is 4.98 Å². The summed E-state index contributed by atoms with van der Waals surface area (Å²) in [6, 6.07) is 31.2. The molecule has 0 aliphatic rings. The van der Waals surface area contributed by atoms with Crippen LogP contribution in [0.15, 0.2) is 97.2 Å². The second-order valence-electron chi connectivity index (χ2n) is 6.94. The van der Waals surface area contributed by atoms with Crippen molar-refractivity contribution in [2.45, 2.75) is 0 Å². The van der Waals surface area contributed by atoms with Gasteiger partial charge >= 0.3 is 5.97 Å². The van der Waals surface area contributed by atoms with Crippen LogP contribution in [0.1, 0.15) is 10.5 Å². The molecule has 0 unspecified atom stereocenters. The summed E-state index contributed by atoms with van der Waals surface area (Å²) in [5.74, 6) is -0.990. The normalized spacial score (nSPS) is 11.0. The van der Waals surface area contributed by atoms with E-state index in [0.717, 1.165) is 0 Å². The Balaban J connectivity index is 0.000000171. The van der Waals surface area contributed by atoms with Gasteiger partial charge in [-0.3, -0.25) is 0 Å². The molecule has 0 atom stereocenters. The number of carbonyl (C=O) groups is 1. The van der Waals surface area contributed by atoms with Gasteiger partial charge in [-0.25, -0.2) is 9.78 Å². The van der Waals surface area contributed by atoms with E-state index < -0.39 is 5.97 Å². The molecule has 0 aliphatic carbocycles. The molecule has 0 spiro atoms. The number of aromatic carboxylic acids is 1. The number of hydrogen-bond acceptors (Lipinski definition) is 2. The van der Waals surface area contributed by atoms with Gasteiger partial charge < -0.3 is 5.11 Å². The van der Waals surface area contributed by atoms with E-state index in [1.807, 2.05) is 0 Å². The van der Waals surface area contributed by atoms with E-state index in [2.05, 4.69) is 77.8 Å². The lowest BCUT2D eigenvalue weighted by atomic mass is 9.90. The number of benzene rings is 5. The topological polar surface area (TPSA) is 50.2 Å². The molecule has 6 aromatic rings. The summed E-state index contributed by atoms with van der Waals surface area (Å²) in [5.41, 5.74) is 0.0810. The van der Waals surface area contributed by atoms with Crippen molar-refractivity contribution in [3.63, 3.8) is 0 Å². The zero-order chi connectivity index (χ0) is 19.8. The predicted molar refractivity (Wildman–Crippen MR) is 119 cm³/mol. The third-order valence-electron chi connectivity index (χ3n) is 5.27. The summed E-state index contributed by atoms with van der Waals surface area (Å²) in [5, 5.41) is 19.2. The van der Waals surface area contributed by atoms with Crippen LogP contribution in [0.25, 0.3) is 43.1 Å². The first-order chi connectivity index (χ1) is 14.2. The van der Waals surface area contributed by atoms with E-state index in [1.165, 1.54) is 55.4 Å². The number of hydrogen-bond donors (Lipinski definition) is 1. The van der Waals surface area contributed by atoms with Gasteiger partial charge in [-0.15, -0.1) is 0 Å². The highest BCUT2D eigenvalue weighted by Gasteiger charge is 2.11. The quantitative estimate of drug-likeness (QED) is 0.263. The van der Waals surface area contributed by atoms with E-state index in [4.69, 9.17) is 5.11 Å². The molecule has 0 aliphatic heterocycles. The molecule has 0 radical (unpaired) electrons. The summed E-state index contributed by atoms with van der Waals surface area (Å²) in [7, 11) is 0. The minimum Gasteiger partial charge on any atom is -0.477 e. The van der Waals surface area contributed by atoms with Crippen molar-refractivity contribution in [1.29, 1.82) is 0 Å². The van der Waals surface area contributed by atoms with Crippen LogP contribution in [0.4, 0.5) is 0 Å². The van der Waals surface area contributed by atoms with Gasteiger partial charge in [0, 0.05) is 6.20 Å². The lowest BCUT2D eigenvalue weighted by Crippen LogP contribution is -1.97. The summed E-state index contributed by atoms with van der Waals surface area (Å²) in [6.45, 7) is 0. The van der Waals surface area contributed by atoms with Crippen molar-refractivity contribution in [3.8, 4) is 0 Å². The standard InChI is InChI=1S/C20H12.C6H5NO2/c1-5-13-6-2-11-17-18-12-4-8-14-7-3-10-16(20(14)18)15(9-1)19(13)17;8-6(9)5-3-1-2-4-7-5/h1-12H;1-4H,(H,8,9). The molecule has 0 fully saturated rings. The van der Waals surface area contributed by atoms with Gasteiger partial charge in [-0.1, -0.05) is 78.9 Å². The van der Waals surface area contributed by atoms with Crippen LogP contribution in [0.3, 0.4) is 0 Å². The van der Waals surface area contributed by atoms with Gasteiger partial charge in [0.15, 0.2) is 0 Å². The average Bonchev–Trinajstić information content (AvgIpc) is 2.78. The monoisotopic (exact) mass is 375 g/mol. The highest BCUT2D eigenvalue weighted by Crippen LogP contribution is 2.39. The van der Waals surface area contributed by atoms with E-state index in [1.54, 1.807) is 12.1 Å². The number of pyridine rings is 1. The molecule has 0 saturated carbocycles. The second kappa shape index (κ2) is 6.88. The predicted octanol–water partition coefficient (Wildman–Crippen LogP) is 6.52. The third-order valence-corrected chi connectivity index (χ3v) is 5.27. The molecule has 6 rings (SSSR count). The summed E-state index contributed by atoms with van der Waals surface area (Å²) < 4.78 is 0. The molecule has 138 valence electrons. The number of carboxylic acid groups (broad SMARTS) is 1. The molecule has 0 amide bonds. The molecule has 1 heterocycles. The van der Waals surface area contributed by atoms with E-state index in [-0.39, 0.29) is 5.69 Å². The van der Waals surface area contributed by atoms with Crippen LogP contribution in [0.5, 0.6) is 0 Å². The Kier molecular flexibility index (Phi) is 4.07. The summed E-state index contributed by atoms with van der Waals surface area (Å²) >= 11 is 0. The molecule has 3 nitrogen and oxygen atoms in total. The van der Waals surface area contributed by atoms with Crippen LogP contribution in [-0.2, 0) is 0 Å². The first-order valence-electron chi connectivity index (χ1n) is 9.42.